The zero-order chi connectivity index (χ0) is 13.7. The monoisotopic (exact) mass is 262 g/mol. The molecule has 4 heteroatoms. The zero-order valence-corrected chi connectivity index (χ0v) is 10.9. The van der Waals surface area contributed by atoms with Gasteiger partial charge in [0.15, 0.2) is 11.6 Å². The van der Waals surface area contributed by atoms with Crippen LogP contribution in [0, 0.1) is 17.1 Å². The number of rotatable bonds is 3. The molecule has 1 aromatic carbocycles. The maximum atomic E-state index is 13.3. The van der Waals surface area contributed by atoms with E-state index in [0.29, 0.717) is 11.6 Å². The molecule has 0 aliphatic heterocycles. The zero-order valence-electron chi connectivity index (χ0n) is 10.9. The second kappa shape index (κ2) is 6.53. The van der Waals surface area contributed by atoms with Crippen molar-refractivity contribution in [1.82, 2.24) is 5.32 Å². The maximum absolute atomic E-state index is 13.3. The van der Waals surface area contributed by atoms with Crippen molar-refractivity contribution in [1.29, 1.82) is 5.26 Å². The molecule has 2 rings (SSSR count). The number of phenolic OH excluding ortho intramolecular Hbond substituents is 1. The van der Waals surface area contributed by atoms with Gasteiger partial charge in [-0.25, -0.2) is 4.39 Å². The topological polar surface area (TPSA) is 56.0 Å². The minimum atomic E-state index is -0.680. The van der Waals surface area contributed by atoms with Gasteiger partial charge in [-0.3, -0.25) is 5.32 Å². The molecule has 3 nitrogen and oxygen atoms in total. The van der Waals surface area contributed by atoms with Gasteiger partial charge in [-0.1, -0.05) is 31.7 Å². The van der Waals surface area contributed by atoms with E-state index >= 15 is 0 Å². The third-order valence-corrected chi connectivity index (χ3v) is 3.69. The first-order chi connectivity index (χ1) is 9.20. The van der Waals surface area contributed by atoms with Gasteiger partial charge >= 0.3 is 0 Å². The van der Waals surface area contributed by atoms with E-state index in [1.807, 2.05) is 0 Å². The molecule has 0 heterocycles. The van der Waals surface area contributed by atoms with Crippen LogP contribution in [0.15, 0.2) is 18.2 Å². The first-order valence-corrected chi connectivity index (χ1v) is 6.85. The van der Waals surface area contributed by atoms with Gasteiger partial charge in [-0.2, -0.15) is 5.26 Å². The van der Waals surface area contributed by atoms with Crippen molar-refractivity contribution in [2.45, 2.75) is 50.6 Å². The van der Waals surface area contributed by atoms with Crippen LogP contribution in [0.2, 0.25) is 0 Å². The predicted octanol–water partition coefficient (Wildman–Crippen LogP) is 3.41. The lowest BCUT2D eigenvalue weighted by molar-refractivity contribution is 0.424. The number of aromatic hydroxyl groups is 1. The van der Waals surface area contributed by atoms with E-state index in [1.165, 1.54) is 37.8 Å². The second-order valence-electron chi connectivity index (χ2n) is 5.13. The van der Waals surface area contributed by atoms with Gasteiger partial charge in [-0.05, 0) is 30.5 Å². The molecule has 0 saturated heterocycles. The first kappa shape index (κ1) is 13.8. The highest BCUT2D eigenvalue weighted by atomic mass is 19.1. The van der Waals surface area contributed by atoms with Crippen LogP contribution in [0.1, 0.15) is 50.1 Å². The molecule has 0 radical (unpaired) electrons. The van der Waals surface area contributed by atoms with Gasteiger partial charge in [0.2, 0.25) is 0 Å². The van der Waals surface area contributed by atoms with Crippen molar-refractivity contribution < 1.29 is 9.50 Å². The minimum absolute atomic E-state index is 0.323. The summed E-state index contributed by atoms with van der Waals surface area (Å²) in [5.74, 6) is -1.06. The van der Waals surface area contributed by atoms with Crippen LogP contribution in [0.3, 0.4) is 0 Å². The molecule has 1 unspecified atom stereocenters. The lowest BCUT2D eigenvalue weighted by Gasteiger charge is -2.20. The van der Waals surface area contributed by atoms with Crippen LogP contribution in [-0.4, -0.2) is 11.1 Å². The lowest BCUT2D eigenvalue weighted by Crippen LogP contribution is -2.31. The van der Waals surface area contributed by atoms with Crippen LogP contribution in [0.25, 0.3) is 0 Å². The summed E-state index contributed by atoms with van der Waals surface area (Å²) in [6, 6.07) is 6.10. The Labute approximate surface area is 113 Å². The first-order valence-electron chi connectivity index (χ1n) is 6.85. The van der Waals surface area contributed by atoms with Crippen LogP contribution in [0.4, 0.5) is 4.39 Å². The third kappa shape index (κ3) is 3.68. The van der Waals surface area contributed by atoms with E-state index in [0.717, 1.165) is 12.8 Å². The third-order valence-electron chi connectivity index (χ3n) is 3.69. The molecule has 0 spiro atoms. The number of phenols is 1. The van der Waals surface area contributed by atoms with Crippen molar-refractivity contribution in [3.05, 3.63) is 29.6 Å². The molecule has 0 bridgehead atoms. The summed E-state index contributed by atoms with van der Waals surface area (Å²) in [7, 11) is 0. The number of benzene rings is 1. The van der Waals surface area contributed by atoms with Gasteiger partial charge in [-0.15, -0.1) is 0 Å². The molecule has 102 valence electrons. The lowest BCUT2D eigenvalue weighted by atomic mass is 10.0. The Morgan fingerprint density at radius 2 is 1.95 bits per heavy atom. The molecule has 0 amide bonds. The number of hydrogen-bond donors (Lipinski definition) is 2. The van der Waals surface area contributed by atoms with Crippen LogP contribution in [0.5, 0.6) is 5.75 Å². The average Bonchev–Trinajstić information content (AvgIpc) is 2.68. The molecule has 2 N–H and O–H groups in total. The van der Waals surface area contributed by atoms with Crippen molar-refractivity contribution in [3.63, 3.8) is 0 Å². The van der Waals surface area contributed by atoms with Gasteiger partial charge in [0.1, 0.15) is 6.04 Å². The molecular weight excluding hydrogens is 243 g/mol. The fourth-order valence-electron chi connectivity index (χ4n) is 2.59. The van der Waals surface area contributed by atoms with E-state index in [4.69, 9.17) is 0 Å². The van der Waals surface area contributed by atoms with Gasteiger partial charge in [0.05, 0.1) is 6.07 Å². The summed E-state index contributed by atoms with van der Waals surface area (Å²) in [6.07, 6.45) is 7.00. The summed E-state index contributed by atoms with van der Waals surface area (Å²) < 4.78 is 13.3. The normalized spacial score (nSPS) is 18.5. The predicted molar refractivity (Wildman–Crippen MR) is 71.0 cm³/mol. The Hall–Kier alpha value is -1.60. The largest absolute Gasteiger partial charge is 0.505 e. The summed E-state index contributed by atoms with van der Waals surface area (Å²) in [5.41, 5.74) is 0.571. The van der Waals surface area contributed by atoms with Gasteiger partial charge in [0.25, 0.3) is 0 Å². The molecule has 1 aliphatic carbocycles. The van der Waals surface area contributed by atoms with Gasteiger partial charge < -0.3 is 5.11 Å². The number of hydrogen-bond acceptors (Lipinski definition) is 3. The molecule has 0 aromatic heterocycles. The molecular formula is C15H19FN2O. The highest BCUT2D eigenvalue weighted by Crippen LogP contribution is 2.23. The maximum Gasteiger partial charge on any atom is 0.165 e. The number of halogens is 1. The number of nitrogens with one attached hydrogen (secondary N) is 1. The summed E-state index contributed by atoms with van der Waals surface area (Å²) in [5, 5.41) is 21.7. The Bertz CT molecular complexity index is 462. The van der Waals surface area contributed by atoms with E-state index in [2.05, 4.69) is 11.4 Å². The van der Waals surface area contributed by atoms with Crippen LogP contribution < -0.4 is 5.32 Å². The summed E-state index contributed by atoms with van der Waals surface area (Å²) in [4.78, 5) is 0. The van der Waals surface area contributed by atoms with Crippen LogP contribution in [-0.2, 0) is 0 Å². The Balaban J connectivity index is 2.06. The fraction of sp³-hybridized carbons (Fsp3) is 0.533. The molecule has 1 aliphatic rings. The smallest absolute Gasteiger partial charge is 0.165 e. The SMILES string of the molecule is N#CC(NC1CCCCCC1)c1ccc(O)c(F)c1. The van der Waals surface area contributed by atoms with Crippen molar-refractivity contribution >= 4 is 0 Å². The average molecular weight is 262 g/mol. The van der Waals surface area contributed by atoms with E-state index in [1.54, 1.807) is 6.07 Å². The quantitative estimate of drug-likeness (QED) is 0.821. The molecule has 1 fully saturated rings. The summed E-state index contributed by atoms with van der Waals surface area (Å²) in [6.45, 7) is 0. The number of nitriles is 1. The second-order valence-corrected chi connectivity index (χ2v) is 5.13. The summed E-state index contributed by atoms with van der Waals surface area (Å²) >= 11 is 0. The van der Waals surface area contributed by atoms with E-state index in [-0.39, 0.29) is 5.75 Å². The Kier molecular flexibility index (Phi) is 4.75. The van der Waals surface area contributed by atoms with Gasteiger partial charge in [0, 0.05) is 6.04 Å². The Morgan fingerprint density at radius 3 is 2.53 bits per heavy atom. The van der Waals surface area contributed by atoms with Crippen LogP contribution >= 0.6 is 0 Å². The fourth-order valence-corrected chi connectivity index (χ4v) is 2.59. The van der Waals surface area contributed by atoms with Crippen molar-refractivity contribution in [2.24, 2.45) is 0 Å². The van der Waals surface area contributed by atoms with E-state index < -0.39 is 11.9 Å². The minimum Gasteiger partial charge on any atom is -0.505 e. The standard InChI is InChI=1S/C15H19FN2O/c16-13-9-11(7-8-15(13)19)14(10-17)18-12-5-3-1-2-4-6-12/h7-9,12,14,18-19H,1-6H2. The van der Waals surface area contributed by atoms with Crippen molar-refractivity contribution in [2.75, 3.05) is 0 Å². The molecule has 19 heavy (non-hydrogen) atoms. The highest BCUT2D eigenvalue weighted by molar-refractivity contribution is 5.32. The molecule has 1 aromatic rings. The number of nitrogens with zero attached hydrogens (tertiary/aromatic N) is 1. The van der Waals surface area contributed by atoms with Crippen molar-refractivity contribution in [3.8, 4) is 11.8 Å². The van der Waals surface area contributed by atoms with E-state index in [9.17, 15) is 14.8 Å². The molecule has 1 saturated carbocycles. The Morgan fingerprint density at radius 1 is 1.26 bits per heavy atom. The molecule has 1 atom stereocenters. The highest BCUT2D eigenvalue weighted by Gasteiger charge is 2.19.